The van der Waals surface area contributed by atoms with E-state index in [2.05, 4.69) is 24.8 Å². The first-order chi connectivity index (χ1) is 21.2. The van der Waals surface area contributed by atoms with Crippen molar-refractivity contribution < 1.29 is 42.8 Å². The molecule has 4 N–H and O–H groups in total. The lowest BCUT2D eigenvalue weighted by atomic mass is 9.71. The van der Waals surface area contributed by atoms with Crippen molar-refractivity contribution in [2.45, 2.75) is 32.5 Å². The van der Waals surface area contributed by atoms with Gasteiger partial charge in [-0.05, 0) is 69.4 Å². The van der Waals surface area contributed by atoms with Crippen molar-refractivity contribution in [3.8, 4) is 45.8 Å². The molecule has 0 amide bonds. The Balaban J connectivity index is 1.40. The van der Waals surface area contributed by atoms with Gasteiger partial charge >= 0.3 is 6.36 Å². The van der Waals surface area contributed by atoms with Crippen molar-refractivity contribution in [2.75, 3.05) is 0 Å². The summed E-state index contributed by atoms with van der Waals surface area (Å²) in [6.45, 7) is 4.69. The zero-order chi connectivity index (χ0) is 32.2. The molecule has 1 aliphatic carbocycles. The summed E-state index contributed by atoms with van der Waals surface area (Å²) >= 11 is 5.06. The van der Waals surface area contributed by atoms with Crippen LogP contribution in [0.4, 0.5) is 13.2 Å². The number of nitrogens with zero attached hydrogens (tertiary/aromatic N) is 4. The minimum absolute atomic E-state index is 0.00241. The second kappa shape index (κ2) is 9.28. The summed E-state index contributed by atoms with van der Waals surface area (Å²) in [5, 5.41) is 37.5. The number of fused-ring (bicyclic) bond motifs is 5. The maximum atomic E-state index is 14.3. The summed E-state index contributed by atoms with van der Waals surface area (Å²) in [6, 6.07) is 8.02. The number of pyridine rings is 1. The van der Waals surface area contributed by atoms with Gasteiger partial charge in [0.15, 0.2) is 5.78 Å². The molecule has 15 heteroatoms. The van der Waals surface area contributed by atoms with E-state index in [1.54, 1.807) is 19.9 Å². The van der Waals surface area contributed by atoms with E-state index < -0.39 is 23.3 Å². The first-order valence-corrected chi connectivity index (χ1v) is 13.7. The Labute approximate surface area is 255 Å². The SMILES string of the molecule is Cc1nn(-c2ccc(OC(F)(F)F)cc2)c2c1C(=O)C1(C)C(=C2)Oc2c(-c3ccc4c(O)nc(=S)[nH]c4n3)c(O)c(C)c(O)c21. The number of alkyl halides is 3. The number of halogens is 3. The van der Waals surface area contributed by atoms with Gasteiger partial charge in [-0.25, -0.2) is 9.67 Å². The lowest BCUT2D eigenvalue weighted by molar-refractivity contribution is -0.274. The highest BCUT2D eigenvalue weighted by Crippen LogP contribution is 2.60. The highest BCUT2D eigenvalue weighted by Gasteiger charge is 2.55. The predicted molar refractivity (Wildman–Crippen MR) is 155 cm³/mol. The molecule has 45 heavy (non-hydrogen) atoms. The van der Waals surface area contributed by atoms with Gasteiger partial charge in [0.2, 0.25) is 10.7 Å². The molecule has 0 radical (unpaired) electrons. The van der Waals surface area contributed by atoms with E-state index in [1.807, 2.05) is 0 Å². The Morgan fingerprint density at radius 2 is 1.73 bits per heavy atom. The van der Waals surface area contributed by atoms with E-state index in [4.69, 9.17) is 17.0 Å². The van der Waals surface area contributed by atoms with Crippen LogP contribution >= 0.6 is 12.2 Å². The zero-order valence-corrected chi connectivity index (χ0v) is 24.3. The summed E-state index contributed by atoms with van der Waals surface area (Å²) in [4.78, 5) is 25.5. The number of allylic oxidation sites excluding steroid dienone is 1. The maximum Gasteiger partial charge on any atom is 0.573 e. The number of ketones is 1. The number of carbonyl (C=O) groups is 1. The number of phenolic OH excluding ortho intramolecular Hbond substituents is 2. The Morgan fingerprint density at radius 1 is 1.02 bits per heavy atom. The average Bonchev–Trinajstić information content (AvgIpc) is 3.45. The van der Waals surface area contributed by atoms with Crippen LogP contribution in [0.2, 0.25) is 0 Å². The number of hydrogen-bond donors (Lipinski definition) is 4. The molecule has 5 aromatic rings. The molecule has 7 rings (SSSR count). The van der Waals surface area contributed by atoms with Gasteiger partial charge in [-0.2, -0.15) is 10.1 Å². The van der Waals surface area contributed by atoms with Gasteiger partial charge in [0.25, 0.3) is 0 Å². The number of rotatable bonds is 3. The molecule has 1 unspecified atom stereocenters. The molecule has 0 fully saturated rings. The average molecular weight is 636 g/mol. The van der Waals surface area contributed by atoms with E-state index in [0.717, 1.165) is 12.1 Å². The van der Waals surface area contributed by atoms with Crippen LogP contribution in [0.5, 0.6) is 28.9 Å². The van der Waals surface area contributed by atoms with Crippen molar-refractivity contribution in [3.63, 3.8) is 0 Å². The Kier molecular flexibility index (Phi) is 5.84. The number of aromatic amines is 1. The van der Waals surface area contributed by atoms with Gasteiger partial charge in [-0.15, -0.1) is 13.2 Å². The van der Waals surface area contributed by atoms with E-state index in [0.29, 0.717) is 17.1 Å². The number of aryl methyl sites for hydroxylation is 1. The molecule has 4 heterocycles. The zero-order valence-electron chi connectivity index (χ0n) is 23.4. The molecule has 3 aromatic heterocycles. The third-order valence-corrected chi connectivity index (χ3v) is 8.22. The molecule has 2 aliphatic rings. The Hall–Kier alpha value is -5.44. The number of aromatic nitrogens is 5. The normalized spacial score (nSPS) is 17.0. The smallest absolute Gasteiger partial charge is 0.507 e. The molecule has 0 bridgehead atoms. The van der Waals surface area contributed by atoms with Crippen LogP contribution in [0.15, 0.2) is 42.2 Å². The van der Waals surface area contributed by atoms with Crippen LogP contribution in [0.25, 0.3) is 34.1 Å². The molecular weight excluding hydrogens is 615 g/mol. The second-order valence-corrected chi connectivity index (χ2v) is 11.1. The lowest BCUT2D eigenvalue weighted by Gasteiger charge is -2.27. The summed E-state index contributed by atoms with van der Waals surface area (Å²) in [7, 11) is 0. The topological polar surface area (TPSA) is 156 Å². The lowest BCUT2D eigenvalue weighted by Crippen LogP contribution is -2.36. The molecule has 1 atom stereocenters. The van der Waals surface area contributed by atoms with E-state index >= 15 is 0 Å². The van der Waals surface area contributed by atoms with Gasteiger partial charge in [0.1, 0.15) is 39.8 Å². The number of carbonyl (C=O) groups excluding carboxylic acids is 1. The first-order valence-electron chi connectivity index (χ1n) is 13.3. The number of hydrogen-bond acceptors (Lipinski definition) is 10. The molecule has 11 nitrogen and oxygen atoms in total. The van der Waals surface area contributed by atoms with Gasteiger partial charge in [0.05, 0.1) is 44.8 Å². The highest BCUT2D eigenvalue weighted by molar-refractivity contribution is 7.71. The standard InChI is InChI=1S/C30H20F3N5O6S/c1-11-22(39)20(16-9-8-15-26(34-16)35-28(45)36-27(15)42)24-21(23(11)40)29(3)18(43-24)10-17-19(25(29)41)12(2)37-38(17)13-4-6-14(7-5-13)44-30(31,32)33/h4-10,39-40H,1-3H3,(H2,34,35,36,42,45). The molecule has 2 aromatic carbocycles. The number of H-pyrrole nitrogens is 1. The minimum Gasteiger partial charge on any atom is -0.507 e. The summed E-state index contributed by atoms with van der Waals surface area (Å²) in [6.07, 6.45) is -3.29. The minimum atomic E-state index is -4.86. The monoisotopic (exact) mass is 635 g/mol. The van der Waals surface area contributed by atoms with Crippen molar-refractivity contribution >= 4 is 35.1 Å². The third kappa shape index (κ3) is 4.07. The van der Waals surface area contributed by atoms with Crippen molar-refractivity contribution in [1.82, 2.24) is 24.7 Å². The molecule has 0 saturated carbocycles. The van der Waals surface area contributed by atoms with Crippen molar-refractivity contribution in [1.29, 1.82) is 0 Å². The van der Waals surface area contributed by atoms with Crippen LogP contribution < -0.4 is 9.47 Å². The number of phenols is 2. The van der Waals surface area contributed by atoms with Crippen molar-refractivity contribution in [3.05, 3.63) is 75.0 Å². The van der Waals surface area contributed by atoms with Gasteiger partial charge in [-0.1, -0.05) is 0 Å². The van der Waals surface area contributed by atoms with Crippen LogP contribution in [0, 0.1) is 18.6 Å². The van der Waals surface area contributed by atoms with E-state index in [9.17, 15) is 33.3 Å². The second-order valence-electron chi connectivity index (χ2n) is 10.7. The number of ether oxygens (including phenoxy) is 2. The molecule has 0 saturated heterocycles. The van der Waals surface area contributed by atoms with Crippen LogP contribution in [0.3, 0.4) is 0 Å². The first kappa shape index (κ1) is 28.3. The summed E-state index contributed by atoms with van der Waals surface area (Å²) < 4.78 is 49.6. The summed E-state index contributed by atoms with van der Waals surface area (Å²) in [5.74, 6) is -1.78. The summed E-state index contributed by atoms with van der Waals surface area (Å²) in [5.41, 5.74) is 0.324. The van der Waals surface area contributed by atoms with Crippen LogP contribution in [-0.2, 0) is 5.41 Å². The predicted octanol–water partition coefficient (Wildman–Crippen LogP) is 6.06. The van der Waals surface area contributed by atoms with Gasteiger partial charge in [0, 0.05) is 11.6 Å². The number of benzene rings is 2. The fraction of sp³-hybridized carbons (Fsp3) is 0.167. The van der Waals surface area contributed by atoms with E-state index in [-0.39, 0.29) is 72.6 Å². The fourth-order valence-corrected chi connectivity index (χ4v) is 6.03. The van der Waals surface area contributed by atoms with Crippen molar-refractivity contribution in [2.24, 2.45) is 0 Å². The third-order valence-electron chi connectivity index (χ3n) is 8.03. The van der Waals surface area contributed by atoms with Crippen LogP contribution in [0.1, 0.15) is 39.8 Å². The number of Topliss-reactive ketones (excluding diaryl/α,β-unsaturated/α-hetero) is 1. The molecule has 1 aliphatic heterocycles. The maximum absolute atomic E-state index is 14.3. The van der Waals surface area contributed by atoms with Gasteiger partial charge in [-0.3, -0.25) is 4.79 Å². The fourth-order valence-electron chi connectivity index (χ4n) is 5.84. The number of aromatic hydroxyl groups is 3. The Morgan fingerprint density at radius 3 is 2.42 bits per heavy atom. The molecule has 0 spiro atoms. The quantitative estimate of drug-likeness (QED) is 0.172. The van der Waals surface area contributed by atoms with Gasteiger partial charge < -0.3 is 29.8 Å². The van der Waals surface area contributed by atoms with E-state index in [1.165, 1.54) is 35.9 Å². The largest absolute Gasteiger partial charge is 0.573 e. The molecular formula is C30H20F3N5O6S. The Bertz CT molecular complexity index is 2230. The molecule has 228 valence electrons. The number of nitrogens with one attached hydrogen (secondary N) is 1. The highest BCUT2D eigenvalue weighted by atomic mass is 32.1. The van der Waals surface area contributed by atoms with Crippen LogP contribution in [-0.4, -0.2) is 52.2 Å².